The summed E-state index contributed by atoms with van der Waals surface area (Å²) in [5.74, 6) is 0. The van der Waals surface area contributed by atoms with Gasteiger partial charge in [-0.2, -0.15) is 0 Å². The quantitative estimate of drug-likeness (QED) is 0.342. The molecule has 90 valence electrons. The molecule has 7 nitrogen and oxygen atoms in total. The molecule has 0 radical (unpaired) electrons. The molecule has 1 fully saturated rings. The second kappa shape index (κ2) is 5.17. The molecule has 1 saturated heterocycles. The Kier molecular flexibility index (Phi) is 4.41. The van der Waals surface area contributed by atoms with Gasteiger partial charge in [0.2, 0.25) is 0 Å². The Labute approximate surface area is 86.5 Å². The van der Waals surface area contributed by atoms with Crippen LogP contribution in [0.2, 0.25) is 0 Å². The Morgan fingerprint density at radius 2 is 1.80 bits per heavy atom. The van der Waals surface area contributed by atoms with Crippen LogP contribution >= 0.6 is 0 Å². The Balaban J connectivity index is 2.74. The molecular weight excluding hydrogens is 208 g/mol. The van der Waals surface area contributed by atoms with E-state index in [4.69, 9.17) is 14.6 Å². The van der Waals surface area contributed by atoms with Crippen LogP contribution in [0.25, 0.3) is 0 Å². The zero-order valence-electron chi connectivity index (χ0n) is 8.22. The van der Waals surface area contributed by atoms with Crippen molar-refractivity contribution in [1.29, 1.82) is 0 Å². The molecule has 0 aliphatic carbocycles. The number of ether oxygens (including phenoxy) is 2. The largest absolute Gasteiger partial charge is 0.394 e. The van der Waals surface area contributed by atoms with Gasteiger partial charge < -0.3 is 35.0 Å². The van der Waals surface area contributed by atoms with Crippen molar-refractivity contribution in [2.75, 3.05) is 13.7 Å². The van der Waals surface area contributed by atoms with E-state index in [2.05, 4.69) is 0 Å². The summed E-state index contributed by atoms with van der Waals surface area (Å²) in [6, 6.07) is 0. The van der Waals surface area contributed by atoms with Crippen LogP contribution in [0.3, 0.4) is 0 Å². The fourth-order valence-electron chi connectivity index (χ4n) is 1.49. The van der Waals surface area contributed by atoms with Gasteiger partial charge >= 0.3 is 0 Å². The number of hydrogen-bond acceptors (Lipinski definition) is 7. The van der Waals surface area contributed by atoms with E-state index in [0.717, 1.165) is 0 Å². The number of methoxy groups -OCH3 is 1. The molecule has 0 amide bonds. The van der Waals surface area contributed by atoms with E-state index < -0.39 is 43.4 Å². The van der Waals surface area contributed by atoms with Crippen molar-refractivity contribution in [2.24, 2.45) is 0 Å². The lowest BCUT2D eigenvalue weighted by Crippen LogP contribution is -2.61. The third-order valence-corrected chi connectivity index (χ3v) is 2.41. The van der Waals surface area contributed by atoms with E-state index >= 15 is 0 Å². The second-order valence-electron chi connectivity index (χ2n) is 3.43. The van der Waals surface area contributed by atoms with Crippen LogP contribution in [0.15, 0.2) is 0 Å². The van der Waals surface area contributed by atoms with Crippen molar-refractivity contribution in [3.63, 3.8) is 0 Å². The maximum Gasteiger partial charge on any atom is 0.186 e. The molecule has 1 heterocycles. The Hall–Kier alpha value is -0.280. The zero-order valence-corrected chi connectivity index (χ0v) is 8.22. The van der Waals surface area contributed by atoms with Crippen LogP contribution in [-0.4, -0.2) is 76.1 Å². The Morgan fingerprint density at radius 1 is 1.20 bits per heavy atom. The first-order chi connectivity index (χ1) is 7.02. The van der Waals surface area contributed by atoms with E-state index in [1.54, 1.807) is 0 Å². The molecule has 0 bridgehead atoms. The Bertz CT molecular complexity index is 197. The van der Waals surface area contributed by atoms with E-state index in [1.807, 2.05) is 0 Å². The van der Waals surface area contributed by atoms with Crippen LogP contribution in [-0.2, 0) is 9.47 Å². The third kappa shape index (κ3) is 2.45. The normalized spacial score (nSPS) is 44.0. The first-order valence-corrected chi connectivity index (χ1v) is 4.54. The minimum absolute atomic E-state index is 0.624. The third-order valence-electron chi connectivity index (χ3n) is 2.41. The maximum absolute atomic E-state index is 9.46. The van der Waals surface area contributed by atoms with E-state index in [0.29, 0.717) is 0 Å². The monoisotopic (exact) mass is 224 g/mol. The van der Waals surface area contributed by atoms with Crippen LogP contribution in [0, 0.1) is 0 Å². The van der Waals surface area contributed by atoms with Gasteiger partial charge in [-0.1, -0.05) is 0 Å². The van der Waals surface area contributed by atoms with Crippen molar-refractivity contribution in [2.45, 2.75) is 36.8 Å². The van der Waals surface area contributed by atoms with Gasteiger partial charge in [-0.25, -0.2) is 0 Å². The van der Waals surface area contributed by atoms with Crippen molar-refractivity contribution in [3.8, 4) is 0 Å². The number of aliphatic hydroxyl groups excluding tert-OH is 5. The fraction of sp³-hybridized carbons (Fsp3) is 1.00. The molecule has 0 spiro atoms. The fourth-order valence-corrected chi connectivity index (χ4v) is 1.49. The number of aliphatic hydroxyl groups is 5. The molecular formula is C8H16O7. The van der Waals surface area contributed by atoms with Crippen molar-refractivity contribution >= 4 is 0 Å². The summed E-state index contributed by atoms with van der Waals surface area (Å²) >= 11 is 0. The predicted octanol–water partition coefficient (Wildman–Crippen LogP) is -3.21. The van der Waals surface area contributed by atoms with Crippen molar-refractivity contribution in [1.82, 2.24) is 0 Å². The molecule has 1 aliphatic rings. The lowest BCUT2D eigenvalue weighted by molar-refractivity contribution is -0.305. The molecule has 1 rings (SSSR count). The standard InChI is InChI=1S/C8H16O7/c1-14-8-6(13)4(11)5(12)7(15-8)3(10)2-9/h3-13H,2H2,1H3/t3-,4-,5-,6-,7+,8-/m0/s1. The molecule has 0 aromatic heterocycles. The molecule has 6 atom stereocenters. The van der Waals surface area contributed by atoms with Crippen LogP contribution in [0.5, 0.6) is 0 Å². The summed E-state index contributed by atoms with van der Waals surface area (Å²) in [6.07, 6.45) is -8.05. The van der Waals surface area contributed by atoms with Gasteiger partial charge in [0.1, 0.15) is 30.5 Å². The van der Waals surface area contributed by atoms with E-state index in [1.165, 1.54) is 7.11 Å². The smallest absolute Gasteiger partial charge is 0.186 e. The van der Waals surface area contributed by atoms with Gasteiger partial charge in [0.05, 0.1) is 6.61 Å². The van der Waals surface area contributed by atoms with Gasteiger partial charge in [-0.05, 0) is 0 Å². The molecule has 15 heavy (non-hydrogen) atoms. The number of rotatable bonds is 3. The van der Waals surface area contributed by atoms with Crippen LogP contribution in [0.4, 0.5) is 0 Å². The summed E-state index contributed by atoms with van der Waals surface area (Å²) in [5.41, 5.74) is 0. The lowest BCUT2D eigenvalue weighted by Gasteiger charge is -2.41. The van der Waals surface area contributed by atoms with Gasteiger partial charge in [0.15, 0.2) is 6.29 Å². The van der Waals surface area contributed by atoms with Crippen molar-refractivity contribution < 1.29 is 35.0 Å². The first kappa shape index (κ1) is 12.8. The average Bonchev–Trinajstić information content (AvgIpc) is 2.25. The topological polar surface area (TPSA) is 120 Å². The van der Waals surface area contributed by atoms with Gasteiger partial charge in [-0.3, -0.25) is 0 Å². The van der Waals surface area contributed by atoms with E-state index in [-0.39, 0.29) is 0 Å². The van der Waals surface area contributed by atoms with Gasteiger partial charge in [0, 0.05) is 7.11 Å². The highest BCUT2D eigenvalue weighted by atomic mass is 16.7. The second-order valence-corrected chi connectivity index (χ2v) is 3.43. The molecule has 0 saturated carbocycles. The minimum Gasteiger partial charge on any atom is -0.394 e. The molecule has 1 aliphatic heterocycles. The highest BCUT2D eigenvalue weighted by Crippen LogP contribution is 2.23. The molecule has 0 aromatic rings. The van der Waals surface area contributed by atoms with Crippen molar-refractivity contribution in [3.05, 3.63) is 0 Å². The summed E-state index contributed by atoms with van der Waals surface area (Å²) in [6.45, 7) is -0.624. The average molecular weight is 224 g/mol. The molecule has 0 unspecified atom stereocenters. The number of hydrogen-bond donors (Lipinski definition) is 5. The SMILES string of the molecule is CO[C@H]1O[C@H]([C@@H](O)CO)[C@@H](O)[C@H](O)[C@@H]1O. The van der Waals surface area contributed by atoms with Crippen LogP contribution < -0.4 is 0 Å². The maximum atomic E-state index is 9.46. The lowest BCUT2D eigenvalue weighted by atomic mass is 9.95. The highest BCUT2D eigenvalue weighted by Gasteiger charge is 2.46. The summed E-state index contributed by atoms with van der Waals surface area (Å²) < 4.78 is 9.70. The summed E-state index contributed by atoms with van der Waals surface area (Å²) in [7, 11) is 1.25. The van der Waals surface area contributed by atoms with E-state index in [9.17, 15) is 20.4 Å². The predicted molar refractivity (Wildman–Crippen MR) is 46.8 cm³/mol. The van der Waals surface area contributed by atoms with Crippen LogP contribution in [0.1, 0.15) is 0 Å². The minimum atomic E-state index is -1.49. The molecule has 0 aromatic carbocycles. The first-order valence-electron chi connectivity index (χ1n) is 4.54. The highest BCUT2D eigenvalue weighted by molar-refractivity contribution is 4.92. The summed E-state index contributed by atoms with van der Waals surface area (Å²) in [5, 5.41) is 46.2. The Morgan fingerprint density at radius 3 is 2.27 bits per heavy atom. The molecule has 7 heteroatoms. The zero-order chi connectivity index (χ0) is 11.6. The molecule has 5 N–H and O–H groups in total. The van der Waals surface area contributed by atoms with Gasteiger partial charge in [-0.15, -0.1) is 0 Å². The summed E-state index contributed by atoms with van der Waals surface area (Å²) in [4.78, 5) is 0. The van der Waals surface area contributed by atoms with Gasteiger partial charge in [0.25, 0.3) is 0 Å².